The van der Waals surface area contributed by atoms with Crippen molar-refractivity contribution in [3.63, 3.8) is 0 Å². The van der Waals surface area contributed by atoms with E-state index in [1.54, 1.807) is 0 Å². The Bertz CT molecular complexity index is 204. The highest BCUT2D eigenvalue weighted by atomic mass is 16.5. The average Bonchev–Trinajstić information content (AvgIpc) is 2.47. The molecule has 1 aliphatic rings. The van der Waals surface area contributed by atoms with Crippen LogP contribution in [0.5, 0.6) is 0 Å². The molecule has 3 atom stereocenters. The number of likely N-dealkylation sites (tertiary alicyclic amines) is 1. The summed E-state index contributed by atoms with van der Waals surface area (Å²) in [6.45, 7) is 5.32. The molecule has 0 spiro atoms. The van der Waals surface area contributed by atoms with Gasteiger partial charge < -0.3 is 15.4 Å². The van der Waals surface area contributed by atoms with Crippen molar-refractivity contribution >= 4 is 5.91 Å². The molecule has 14 heavy (non-hydrogen) atoms. The zero-order valence-corrected chi connectivity index (χ0v) is 9.19. The first-order chi connectivity index (χ1) is 6.60. The van der Waals surface area contributed by atoms with Crippen molar-refractivity contribution in [2.75, 3.05) is 20.2 Å². The standard InChI is InChI=1S/C10H20N2O2/c1-7-4-8(2)12(6-7)10(13)9(5-11)14-3/h7-9H,4-6,11H2,1-3H3. The summed E-state index contributed by atoms with van der Waals surface area (Å²) in [4.78, 5) is 13.8. The molecule has 3 unspecified atom stereocenters. The fourth-order valence-corrected chi connectivity index (χ4v) is 2.09. The van der Waals surface area contributed by atoms with Crippen LogP contribution in [0.1, 0.15) is 20.3 Å². The number of carbonyl (C=O) groups excluding carboxylic acids is 1. The largest absolute Gasteiger partial charge is 0.370 e. The zero-order valence-electron chi connectivity index (χ0n) is 9.19. The Morgan fingerprint density at radius 3 is 2.64 bits per heavy atom. The van der Waals surface area contributed by atoms with E-state index in [2.05, 4.69) is 13.8 Å². The third kappa shape index (κ3) is 2.25. The number of rotatable bonds is 3. The third-order valence-corrected chi connectivity index (χ3v) is 2.84. The minimum atomic E-state index is -0.470. The summed E-state index contributed by atoms with van der Waals surface area (Å²) in [6, 6.07) is 0.321. The minimum absolute atomic E-state index is 0.0341. The van der Waals surface area contributed by atoms with Crippen LogP contribution in [0.25, 0.3) is 0 Å². The van der Waals surface area contributed by atoms with E-state index in [0.717, 1.165) is 13.0 Å². The minimum Gasteiger partial charge on any atom is -0.370 e. The molecule has 1 saturated heterocycles. The van der Waals surface area contributed by atoms with Crippen LogP contribution in [-0.4, -0.2) is 43.2 Å². The highest BCUT2D eigenvalue weighted by Crippen LogP contribution is 2.23. The fraction of sp³-hybridized carbons (Fsp3) is 0.900. The molecule has 0 aromatic heterocycles. The van der Waals surface area contributed by atoms with Gasteiger partial charge >= 0.3 is 0 Å². The van der Waals surface area contributed by atoms with E-state index >= 15 is 0 Å². The lowest BCUT2D eigenvalue weighted by molar-refractivity contribution is -0.142. The Morgan fingerprint density at radius 1 is 1.64 bits per heavy atom. The van der Waals surface area contributed by atoms with Gasteiger partial charge in [-0.2, -0.15) is 0 Å². The molecule has 4 heteroatoms. The molecule has 0 aliphatic carbocycles. The predicted molar refractivity (Wildman–Crippen MR) is 54.8 cm³/mol. The van der Waals surface area contributed by atoms with Gasteiger partial charge in [0.2, 0.25) is 0 Å². The molecule has 1 heterocycles. The van der Waals surface area contributed by atoms with Crippen LogP contribution in [0.4, 0.5) is 0 Å². The van der Waals surface area contributed by atoms with Gasteiger partial charge in [-0.25, -0.2) is 0 Å². The topological polar surface area (TPSA) is 55.6 Å². The Labute approximate surface area is 85.4 Å². The summed E-state index contributed by atoms with van der Waals surface area (Å²) < 4.78 is 5.04. The van der Waals surface area contributed by atoms with Gasteiger partial charge in [-0.15, -0.1) is 0 Å². The summed E-state index contributed by atoms with van der Waals surface area (Å²) in [5, 5.41) is 0. The van der Waals surface area contributed by atoms with Crippen LogP contribution in [0.3, 0.4) is 0 Å². The molecule has 82 valence electrons. The van der Waals surface area contributed by atoms with E-state index < -0.39 is 6.10 Å². The van der Waals surface area contributed by atoms with Crippen molar-refractivity contribution in [3.8, 4) is 0 Å². The number of carbonyl (C=O) groups is 1. The normalized spacial score (nSPS) is 29.3. The van der Waals surface area contributed by atoms with Gasteiger partial charge in [-0.3, -0.25) is 4.79 Å². The Hall–Kier alpha value is -0.610. The summed E-state index contributed by atoms with van der Waals surface area (Å²) in [7, 11) is 1.53. The molecule has 1 fully saturated rings. The maximum absolute atomic E-state index is 11.9. The van der Waals surface area contributed by atoms with Crippen LogP contribution >= 0.6 is 0 Å². The second-order valence-corrected chi connectivity index (χ2v) is 4.14. The lowest BCUT2D eigenvalue weighted by Crippen LogP contribution is -2.45. The van der Waals surface area contributed by atoms with E-state index in [1.165, 1.54) is 7.11 Å². The number of methoxy groups -OCH3 is 1. The zero-order chi connectivity index (χ0) is 10.7. The molecule has 1 amide bonds. The molecule has 1 aliphatic heterocycles. The molecule has 4 nitrogen and oxygen atoms in total. The highest BCUT2D eigenvalue weighted by Gasteiger charge is 2.33. The van der Waals surface area contributed by atoms with Crippen molar-refractivity contribution in [2.45, 2.75) is 32.4 Å². The van der Waals surface area contributed by atoms with Crippen LogP contribution < -0.4 is 5.73 Å². The summed E-state index contributed by atoms with van der Waals surface area (Å²) >= 11 is 0. The molecular formula is C10H20N2O2. The third-order valence-electron chi connectivity index (χ3n) is 2.84. The van der Waals surface area contributed by atoms with E-state index in [4.69, 9.17) is 10.5 Å². The average molecular weight is 200 g/mol. The van der Waals surface area contributed by atoms with Gasteiger partial charge in [0.15, 0.2) is 0 Å². The van der Waals surface area contributed by atoms with Gasteiger partial charge in [-0.1, -0.05) is 6.92 Å². The van der Waals surface area contributed by atoms with Crippen molar-refractivity contribution < 1.29 is 9.53 Å². The summed E-state index contributed by atoms with van der Waals surface area (Å²) in [5.41, 5.74) is 5.46. The monoisotopic (exact) mass is 200 g/mol. The van der Waals surface area contributed by atoms with Gasteiger partial charge in [0, 0.05) is 26.2 Å². The smallest absolute Gasteiger partial charge is 0.253 e. The fourth-order valence-electron chi connectivity index (χ4n) is 2.09. The lowest BCUT2D eigenvalue weighted by atomic mass is 10.1. The van der Waals surface area contributed by atoms with Crippen molar-refractivity contribution in [3.05, 3.63) is 0 Å². The number of ether oxygens (including phenoxy) is 1. The number of amides is 1. The first kappa shape index (κ1) is 11.5. The second-order valence-electron chi connectivity index (χ2n) is 4.14. The molecular weight excluding hydrogens is 180 g/mol. The first-order valence-corrected chi connectivity index (χ1v) is 5.13. The van der Waals surface area contributed by atoms with E-state index in [-0.39, 0.29) is 12.5 Å². The number of hydrogen-bond acceptors (Lipinski definition) is 3. The molecule has 1 rings (SSSR count). The number of nitrogens with two attached hydrogens (primary N) is 1. The molecule has 0 bridgehead atoms. The summed E-state index contributed by atoms with van der Waals surface area (Å²) in [5.74, 6) is 0.621. The van der Waals surface area contributed by atoms with Crippen molar-refractivity contribution in [1.29, 1.82) is 0 Å². The number of nitrogens with zero attached hydrogens (tertiary/aromatic N) is 1. The van der Waals surface area contributed by atoms with Crippen LogP contribution in [-0.2, 0) is 9.53 Å². The lowest BCUT2D eigenvalue weighted by Gasteiger charge is -2.25. The predicted octanol–water partition coefficient (Wildman–Crippen LogP) is 0.217. The maximum atomic E-state index is 11.9. The van der Waals surface area contributed by atoms with Gasteiger partial charge in [0.25, 0.3) is 5.91 Å². The van der Waals surface area contributed by atoms with Gasteiger partial charge in [0.05, 0.1) is 0 Å². The van der Waals surface area contributed by atoms with Gasteiger partial charge in [-0.05, 0) is 19.3 Å². The first-order valence-electron chi connectivity index (χ1n) is 5.13. The van der Waals surface area contributed by atoms with Crippen LogP contribution in [0, 0.1) is 5.92 Å². The van der Waals surface area contributed by atoms with Crippen molar-refractivity contribution in [2.24, 2.45) is 11.7 Å². The number of hydrogen-bond donors (Lipinski definition) is 1. The molecule has 0 radical (unpaired) electrons. The maximum Gasteiger partial charge on any atom is 0.253 e. The van der Waals surface area contributed by atoms with Crippen molar-refractivity contribution in [1.82, 2.24) is 4.90 Å². The second kappa shape index (κ2) is 4.75. The molecule has 0 aromatic rings. The molecule has 0 aromatic carbocycles. The Balaban J connectivity index is 2.60. The Morgan fingerprint density at radius 2 is 2.29 bits per heavy atom. The van der Waals surface area contributed by atoms with Crippen LogP contribution in [0.2, 0.25) is 0 Å². The summed E-state index contributed by atoms with van der Waals surface area (Å²) in [6.07, 6.45) is 0.606. The SMILES string of the molecule is COC(CN)C(=O)N1CC(C)CC1C. The highest BCUT2D eigenvalue weighted by molar-refractivity contribution is 5.81. The van der Waals surface area contributed by atoms with Crippen LogP contribution in [0.15, 0.2) is 0 Å². The van der Waals surface area contributed by atoms with E-state index in [1.807, 2.05) is 4.90 Å². The molecule has 2 N–H and O–H groups in total. The van der Waals surface area contributed by atoms with E-state index in [9.17, 15) is 4.79 Å². The quantitative estimate of drug-likeness (QED) is 0.709. The Kier molecular flexibility index (Phi) is 3.89. The van der Waals surface area contributed by atoms with E-state index in [0.29, 0.717) is 12.0 Å². The molecule has 0 saturated carbocycles. The van der Waals surface area contributed by atoms with Gasteiger partial charge in [0.1, 0.15) is 6.10 Å².